The maximum atomic E-state index is 12.6. The first-order chi connectivity index (χ1) is 13.8. The van der Waals surface area contributed by atoms with Gasteiger partial charge in [-0.1, -0.05) is 37.6 Å². The fraction of sp³-hybridized carbons (Fsp3) is 0.350. The van der Waals surface area contributed by atoms with Crippen molar-refractivity contribution in [2.45, 2.75) is 38.7 Å². The van der Waals surface area contributed by atoms with E-state index in [1.165, 1.54) is 6.20 Å². The summed E-state index contributed by atoms with van der Waals surface area (Å²) >= 11 is 6.07. The second kappa shape index (κ2) is 10.9. The van der Waals surface area contributed by atoms with E-state index in [1.807, 2.05) is 13.8 Å². The van der Waals surface area contributed by atoms with Gasteiger partial charge in [0, 0.05) is 17.4 Å². The van der Waals surface area contributed by atoms with Gasteiger partial charge in [0.05, 0.1) is 24.0 Å². The van der Waals surface area contributed by atoms with Crippen molar-refractivity contribution in [1.29, 1.82) is 0 Å². The molecule has 2 amide bonds. The lowest BCUT2D eigenvalue weighted by molar-refractivity contribution is -0.122. The van der Waals surface area contributed by atoms with Crippen molar-refractivity contribution < 1.29 is 19.6 Å². The molecule has 2 rings (SSSR count). The Bertz CT molecular complexity index is 820. The third-order valence-corrected chi connectivity index (χ3v) is 4.54. The first-order valence-electron chi connectivity index (χ1n) is 9.38. The molecule has 0 bridgehead atoms. The molecule has 0 radical (unpaired) electrons. The van der Waals surface area contributed by atoms with E-state index in [1.54, 1.807) is 42.6 Å². The van der Waals surface area contributed by atoms with Crippen molar-refractivity contribution in [2.75, 3.05) is 0 Å². The second-order valence-electron chi connectivity index (χ2n) is 7.24. The molecule has 0 saturated carbocycles. The molecule has 1 aromatic heterocycles. The zero-order chi connectivity index (χ0) is 21.4. The highest BCUT2D eigenvalue weighted by molar-refractivity contribution is 6.43. The first-order valence-corrected chi connectivity index (χ1v) is 9.76. The van der Waals surface area contributed by atoms with Gasteiger partial charge >= 0.3 is 7.12 Å². The summed E-state index contributed by atoms with van der Waals surface area (Å²) in [5.74, 6) is -1.43. The third kappa shape index (κ3) is 7.49. The first kappa shape index (κ1) is 22.9. The number of rotatable bonds is 9. The van der Waals surface area contributed by atoms with Gasteiger partial charge in [0.25, 0.3) is 5.91 Å². The Hall–Kier alpha value is -2.42. The minimum atomic E-state index is -1.67. The Kier molecular flexibility index (Phi) is 8.63. The highest BCUT2D eigenvalue weighted by Gasteiger charge is 2.28. The molecule has 2 atom stereocenters. The van der Waals surface area contributed by atoms with Crippen LogP contribution in [0.1, 0.15) is 48.7 Å². The van der Waals surface area contributed by atoms with Gasteiger partial charge in [0.1, 0.15) is 0 Å². The summed E-state index contributed by atoms with van der Waals surface area (Å²) in [6.07, 6.45) is 3.32. The minimum absolute atomic E-state index is 0.0896. The average Bonchev–Trinajstić information content (AvgIpc) is 2.67. The number of pyridine rings is 1. The summed E-state index contributed by atoms with van der Waals surface area (Å²) in [6.45, 7) is 3.84. The van der Waals surface area contributed by atoms with Crippen LogP contribution in [-0.4, -0.2) is 39.9 Å². The van der Waals surface area contributed by atoms with Crippen LogP contribution in [0.25, 0.3) is 0 Å². The molecule has 9 heteroatoms. The maximum absolute atomic E-state index is 12.6. The Morgan fingerprint density at radius 2 is 1.93 bits per heavy atom. The van der Waals surface area contributed by atoms with Crippen LogP contribution in [0, 0.1) is 5.92 Å². The van der Waals surface area contributed by atoms with Crippen molar-refractivity contribution >= 4 is 30.5 Å². The van der Waals surface area contributed by atoms with Gasteiger partial charge in [-0.15, -0.1) is 0 Å². The molecule has 1 aromatic carbocycles. The number of nitrogens with zero attached hydrogens (tertiary/aromatic N) is 1. The van der Waals surface area contributed by atoms with Gasteiger partial charge in [-0.25, -0.2) is 0 Å². The molecule has 154 valence electrons. The number of benzene rings is 1. The number of hydrogen-bond acceptors (Lipinski definition) is 5. The van der Waals surface area contributed by atoms with E-state index in [-0.39, 0.29) is 18.2 Å². The van der Waals surface area contributed by atoms with E-state index in [2.05, 4.69) is 15.6 Å². The van der Waals surface area contributed by atoms with Gasteiger partial charge in [0.15, 0.2) is 0 Å². The van der Waals surface area contributed by atoms with E-state index in [0.717, 1.165) is 0 Å². The number of hydrogen-bond donors (Lipinski definition) is 4. The third-order valence-electron chi connectivity index (χ3n) is 4.30. The predicted molar refractivity (Wildman–Crippen MR) is 112 cm³/mol. The van der Waals surface area contributed by atoms with Crippen molar-refractivity contribution in [2.24, 2.45) is 5.92 Å². The quantitative estimate of drug-likeness (QED) is 0.467. The lowest BCUT2D eigenvalue weighted by atomic mass is 9.75. The predicted octanol–water partition coefficient (Wildman–Crippen LogP) is 2.14. The van der Waals surface area contributed by atoms with E-state index < -0.39 is 25.0 Å². The molecule has 0 spiro atoms. The molecule has 29 heavy (non-hydrogen) atoms. The number of amides is 2. The Balaban J connectivity index is 2.16. The fourth-order valence-electron chi connectivity index (χ4n) is 2.93. The minimum Gasteiger partial charge on any atom is -0.426 e. The fourth-order valence-corrected chi connectivity index (χ4v) is 3.13. The average molecular weight is 418 g/mol. The highest BCUT2D eigenvalue weighted by atomic mass is 35.5. The van der Waals surface area contributed by atoms with Crippen LogP contribution < -0.4 is 10.6 Å². The normalized spacial score (nSPS) is 12.9. The van der Waals surface area contributed by atoms with Crippen LogP contribution in [0.5, 0.6) is 0 Å². The van der Waals surface area contributed by atoms with Crippen LogP contribution >= 0.6 is 11.6 Å². The molecule has 0 aliphatic carbocycles. The van der Waals surface area contributed by atoms with Crippen LogP contribution in [0.15, 0.2) is 48.8 Å². The van der Waals surface area contributed by atoms with Crippen LogP contribution in [-0.2, 0) is 4.79 Å². The van der Waals surface area contributed by atoms with Crippen molar-refractivity contribution in [3.63, 3.8) is 0 Å². The number of carbonyl (C=O) groups is 2. The number of aromatic nitrogens is 1. The van der Waals surface area contributed by atoms with E-state index >= 15 is 0 Å². The lowest BCUT2D eigenvalue weighted by Crippen LogP contribution is -2.48. The summed E-state index contributed by atoms with van der Waals surface area (Å²) in [5.41, 5.74) is 1.03. The van der Waals surface area contributed by atoms with Crippen LogP contribution in [0.3, 0.4) is 0 Å². The van der Waals surface area contributed by atoms with Crippen molar-refractivity contribution in [3.05, 3.63) is 64.9 Å². The Morgan fingerprint density at radius 1 is 1.17 bits per heavy atom. The molecule has 2 unspecified atom stereocenters. The molecule has 0 aliphatic rings. The summed E-state index contributed by atoms with van der Waals surface area (Å²) in [7, 11) is -1.67. The number of nitrogens with one attached hydrogen (secondary N) is 2. The standard InChI is InChI=1S/C20H25BClN3O4/c1-13(2)9-18(21(28)29)25-19(26)11-17(14-5-3-7-16(22)10-14)24-20(27)15-6-4-8-23-12-15/h3-8,10,12-13,17-18,28-29H,9,11H2,1-2H3,(H,24,27)(H,25,26). The maximum Gasteiger partial charge on any atom is 0.475 e. The van der Waals surface area contributed by atoms with Gasteiger partial charge < -0.3 is 20.7 Å². The van der Waals surface area contributed by atoms with Gasteiger partial charge in [-0.2, -0.15) is 0 Å². The van der Waals surface area contributed by atoms with Crippen LogP contribution in [0.4, 0.5) is 0 Å². The molecule has 0 aliphatic heterocycles. The van der Waals surface area contributed by atoms with E-state index in [9.17, 15) is 19.6 Å². The van der Waals surface area contributed by atoms with Gasteiger partial charge in [-0.05, 0) is 42.2 Å². The molecule has 1 heterocycles. The smallest absolute Gasteiger partial charge is 0.426 e. The van der Waals surface area contributed by atoms with Gasteiger partial charge in [-0.3, -0.25) is 14.6 Å². The SMILES string of the molecule is CC(C)CC(NC(=O)CC(NC(=O)c1cccnc1)c1cccc(Cl)c1)B(O)O. The summed E-state index contributed by atoms with van der Waals surface area (Å²) < 4.78 is 0. The summed E-state index contributed by atoms with van der Waals surface area (Å²) in [4.78, 5) is 29.1. The topological polar surface area (TPSA) is 112 Å². The molecule has 0 saturated heterocycles. The zero-order valence-electron chi connectivity index (χ0n) is 16.4. The highest BCUT2D eigenvalue weighted by Crippen LogP contribution is 2.21. The van der Waals surface area contributed by atoms with E-state index in [0.29, 0.717) is 22.6 Å². The second-order valence-corrected chi connectivity index (χ2v) is 7.68. The summed E-state index contributed by atoms with van der Waals surface area (Å²) in [6, 6.07) is 9.49. The van der Waals surface area contributed by atoms with Crippen LogP contribution in [0.2, 0.25) is 5.02 Å². The number of halogens is 1. The Morgan fingerprint density at radius 3 is 2.52 bits per heavy atom. The molecular weight excluding hydrogens is 393 g/mol. The summed E-state index contributed by atoms with van der Waals surface area (Å²) in [5, 5.41) is 25.0. The molecule has 7 nitrogen and oxygen atoms in total. The zero-order valence-corrected chi connectivity index (χ0v) is 17.1. The van der Waals surface area contributed by atoms with Gasteiger partial charge in [0.2, 0.25) is 5.91 Å². The molecular formula is C20H25BClN3O4. The Labute approximate surface area is 175 Å². The molecule has 0 fully saturated rings. The lowest BCUT2D eigenvalue weighted by Gasteiger charge is -2.23. The number of carbonyl (C=O) groups excluding carboxylic acids is 2. The largest absolute Gasteiger partial charge is 0.475 e. The molecule has 2 aromatic rings. The monoisotopic (exact) mass is 417 g/mol. The van der Waals surface area contributed by atoms with Crippen molar-refractivity contribution in [3.8, 4) is 0 Å². The molecule has 4 N–H and O–H groups in total. The van der Waals surface area contributed by atoms with E-state index in [4.69, 9.17) is 11.6 Å². The van der Waals surface area contributed by atoms with Crippen molar-refractivity contribution in [1.82, 2.24) is 15.6 Å².